The average Bonchev–Trinajstić information content (AvgIpc) is 2.33. The van der Waals surface area contributed by atoms with E-state index in [-0.39, 0.29) is 18.9 Å². The Morgan fingerprint density at radius 2 is 2.17 bits per heavy atom. The molecule has 5 nitrogen and oxygen atoms in total. The standard InChI is InChI=1S/C11H12BrClN2O3/c1-18-11(17)14-5-4-10(16)15-7-2-3-9(13)8(12)6-7/h2-3,6H,4-5H2,1H3,(H,14,17)(H,15,16). The van der Waals surface area contributed by atoms with Crippen molar-refractivity contribution in [2.75, 3.05) is 19.0 Å². The van der Waals surface area contributed by atoms with E-state index in [0.717, 1.165) is 0 Å². The van der Waals surface area contributed by atoms with Gasteiger partial charge in [-0.3, -0.25) is 4.79 Å². The number of halogens is 2. The lowest BCUT2D eigenvalue weighted by molar-refractivity contribution is -0.116. The van der Waals surface area contributed by atoms with Gasteiger partial charge in [-0.1, -0.05) is 11.6 Å². The van der Waals surface area contributed by atoms with E-state index in [4.69, 9.17) is 11.6 Å². The Morgan fingerprint density at radius 1 is 1.44 bits per heavy atom. The Kier molecular flexibility index (Phi) is 5.94. The van der Waals surface area contributed by atoms with Gasteiger partial charge in [-0.15, -0.1) is 0 Å². The van der Waals surface area contributed by atoms with Crippen LogP contribution in [0.4, 0.5) is 10.5 Å². The first-order valence-corrected chi connectivity index (χ1v) is 6.26. The highest BCUT2D eigenvalue weighted by molar-refractivity contribution is 9.10. The third-order valence-corrected chi connectivity index (χ3v) is 3.22. The second-order valence-corrected chi connectivity index (χ2v) is 4.61. The molecule has 0 aliphatic carbocycles. The van der Waals surface area contributed by atoms with Crippen LogP contribution in [0, 0.1) is 0 Å². The highest BCUT2D eigenvalue weighted by atomic mass is 79.9. The van der Waals surface area contributed by atoms with E-state index in [2.05, 4.69) is 31.3 Å². The molecule has 2 N–H and O–H groups in total. The lowest BCUT2D eigenvalue weighted by Gasteiger charge is -2.07. The van der Waals surface area contributed by atoms with E-state index in [1.165, 1.54) is 7.11 Å². The number of carbonyl (C=O) groups excluding carboxylic acids is 2. The van der Waals surface area contributed by atoms with Gasteiger partial charge in [-0.05, 0) is 34.1 Å². The molecule has 1 aromatic carbocycles. The van der Waals surface area contributed by atoms with Crippen molar-refractivity contribution in [2.24, 2.45) is 0 Å². The number of ether oxygens (including phenoxy) is 1. The number of nitrogens with one attached hydrogen (secondary N) is 2. The Hall–Kier alpha value is -1.27. The van der Waals surface area contributed by atoms with Gasteiger partial charge in [0, 0.05) is 23.1 Å². The van der Waals surface area contributed by atoms with Gasteiger partial charge in [0.2, 0.25) is 5.91 Å². The Labute approximate surface area is 118 Å². The van der Waals surface area contributed by atoms with Crippen molar-refractivity contribution in [3.8, 4) is 0 Å². The third-order valence-electron chi connectivity index (χ3n) is 2.01. The number of methoxy groups -OCH3 is 1. The van der Waals surface area contributed by atoms with Crippen LogP contribution < -0.4 is 10.6 Å². The number of amides is 2. The monoisotopic (exact) mass is 334 g/mol. The summed E-state index contributed by atoms with van der Waals surface area (Å²) in [5.41, 5.74) is 0.634. The maximum absolute atomic E-state index is 11.5. The van der Waals surface area contributed by atoms with E-state index in [0.29, 0.717) is 15.2 Å². The van der Waals surface area contributed by atoms with Crippen molar-refractivity contribution < 1.29 is 14.3 Å². The molecule has 7 heteroatoms. The lowest BCUT2D eigenvalue weighted by Crippen LogP contribution is -2.27. The molecule has 0 heterocycles. The van der Waals surface area contributed by atoms with E-state index in [1.54, 1.807) is 18.2 Å². The maximum Gasteiger partial charge on any atom is 0.406 e. The summed E-state index contributed by atoms with van der Waals surface area (Å²) in [6.45, 7) is 0.216. The molecule has 18 heavy (non-hydrogen) atoms. The molecule has 0 saturated heterocycles. The summed E-state index contributed by atoms with van der Waals surface area (Å²) in [5.74, 6) is -0.208. The maximum atomic E-state index is 11.5. The van der Waals surface area contributed by atoms with Gasteiger partial charge in [-0.25, -0.2) is 4.79 Å². The number of hydrogen-bond donors (Lipinski definition) is 2. The first kappa shape index (κ1) is 14.8. The van der Waals surface area contributed by atoms with Gasteiger partial charge in [0.1, 0.15) is 0 Å². The zero-order valence-corrected chi connectivity index (χ0v) is 12.0. The zero-order chi connectivity index (χ0) is 13.5. The van der Waals surface area contributed by atoms with E-state index >= 15 is 0 Å². The fourth-order valence-electron chi connectivity index (χ4n) is 1.15. The van der Waals surface area contributed by atoms with E-state index in [1.807, 2.05) is 0 Å². The van der Waals surface area contributed by atoms with E-state index < -0.39 is 6.09 Å². The quantitative estimate of drug-likeness (QED) is 0.889. The Balaban J connectivity index is 2.40. The molecule has 0 fully saturated rings. The molecular formula is C11H12BrClN2O3. The van der Waals surface area contributed by atoms with Crippen LogP contribution in [0.2, 0.25) is 5.02 Å². The minimum absolute atomic E-state index is 0.162. The molecule has 0 spiro atoms. The van der Waals surface area contributed by atoms with Gasteiger partial charge < -0.3 is 15.4 Å². The predicted molar refractivity (Wildman–Crippen MR) is 72.8 cm³/mol. The molecule has 0 saturated carbocycles. The molecule has 0 aliphatic heterocycles. The van der Waals surface area contributed by atoms with Crippen molar-refractivity contribution >= 4 is 45.2 Å². The summed E-state index contributed by atoms with van der Waals surface area (Å²) >= 11 is 9.09. The molecule has 98 valence electrons. The van der Waals surface area contributed by atoms with Crippen molar-refractivity contribution in [2.45, 2.75) is 6.42 Å². The molecule has 0 bridgehead atoms. The van der Waals surface area contributed by atoms with Crippen LogP contribution in [0.25, 0.3) is 0 Å². The van der Waals surface area contributed by atoms with Crippen molar-refractivity contribution in [1.29, 1.82) is 0 Å². The Morgan fingerprint density at radius 3 is 2.78 bits per heavy atom. The number of carbonyl (C=O) groups is 2. The Bertz CT molecular complexity index is 454. The number of rotatable bonds is 4. The number of hydrogen-bond acceptors (Lipinski definition) is 3. The molecule has 0 atom stereocenters. The van der Waals surface area contributed by atoms with Gasteiger partial charge in [0.15, 0.2) is 0 Å². The summed E-state index contributed by atoms with van der Waals surface area (Å²) in [6, 6.07) is 5.07. The van der Waals surface area contributed by atoms with Crippen LogP contribution in [0.5, 0.6) is 0 Å². The minimum atomic E-state index is -0.558. The van der Waals surface area contributed by atoms with Crippen molar-refractivity contribution in [3.05, 3.63) is 27.7 Å². The van der Waals surface area contributed by atoms with Gasteiger partial charge in [-0.2, -0.15) is 0 Å². The predicted octanol–water partition coefficient (Wildman–Crippen LogP) is 2.79. The molecule has 2 amide bonds. The molecule has 0 radical (unpaired) electrons. The second-order valence-electron chi connectivity index (χ2n) is 3.35. The summed E-state index contributed by atoms with van der Waals surface area (Å²) in [7, 11) is 1.26. The van der Waals surface area contributed by atoms with Gasteiger partial charge >= 0.3 is 6.09 Å². The summed E-state index contributed by atoms with van der Waals surface area (Å²) in [4.78, 5) is 22.3. The molecule has 0 aromatic heterocycles. The highest BCUT2D eigenvalue weighted by Crippen LogP contribution is 2.25. The molecule has 1 rings (SSSR count). The topological polar surface area (TPSA) is 67.4 Å². The van der Waals surface area contributed by atoms with E-state index in [9.17, 15) is 9.59 Å². The van der Waals surface area contributed by atoms with Crippen LogP contribution in [-0.2, 0) is 9.53 Å². The summed E-state index contributed by atoms with van der Waals surface area (Å²) in [6.07, 6.45) is -0.396. The van der Waals surface area contributed by atoms with Crippen LogP contribution in [0.1, 0.15) is 6.42 Å². The smallest absolute Gasteiger partial charge is 0.406 e. The third kappa shape index (κ3) is 4.93. The van der Waals surface area contributed by atoms with Gasteiger partial charge in [0.25, 0.3) is 0 Å². The zero-order valence-electron chi connectivity index (χ0n) is 9.63. The minimum Gasteiger partial charge on any atom is -0.453 e. The average molecular weight is 336 g/mol. The van der Waals surface area contributed by atoms with Crippen molar-refractivity contribution in [1.82, 2.24) is 5.32 Å². The highest BCUT2D eigenvalue weighted by Gasteiger charge is 2.05. The normalized spacial score (nSPS) is 9.72. The fourth-order valence-corrected chi connectivity index (χ4v) is 1.64. The van der Waals surface area contributed by atoms with Crippen LogP contribution in [0.3, 0.4) is 0 Å². The van der Waals surface area contributed by atoms with Crippen LogP contribution >= 0.6 is 27.5 Å². The second kappa shape index (κ2) is 7.23. The molecule has 0 aliphatic rings. The number of benzene rings is 1. The summed E-state index contributed by atoms with van der Waals surface area (Å²) < 4.78 is 5.08. The summed E-state index contributed by atoms with van der Waals surface area (Å²) in [5, 5.41) is 5.67. The number of alkyl carbamates (subject to hydrolysis) is 1. The lowest BCUT2D eigenvalue weighted by atomic mass is 10.3. The van der Waals surface area contributed by atoms with Crippen LogP contribution in [-0.4, -0.2) is 25.7 Å². The largest absolute Gasteiger partial charge is 0.453 e. The van der Waals surface area contributed by atoms with Crippen LogP contribution in [0.15, 0.2) is 22.7 Å². The van der Waals surface area contributed by atoms with Crippen molar-refractivity contribution in [3.63, 3.8) is 0 Å². The molecule has 1 aromatic rings. The number of anilines is 1. The first-order valence-electron chi connectivity index (χ1n) is 5.09. The molecular weight excluding hydrogens is 323 g/mol. The fraction of sp³-hybridized carbons (Fsp3) is 0.273. The molecule has 0 unspecified atom stereocenters. The first-order chi connectivity index (χ1) is 8.52. The SMILES string of the molecule is COC(=O)NCCC(=O)Nc1ccc(Cl)c(Br)c1. The van der Waals surface area contributed by atoms with Gasteiger partial charge in [0.05, 0.1) is 12.1 Å².